The van der Waals surface area contributed by atoms with Gasteiger partial charge in [-0.05, 0) is 63.1 Å². The predicted molar refractivity (Wildman–Crippen MR) is 109 cm³/mol. The molecule has 0 aliphatic rings. The summed E-state index contributed by atoms with van der Waals surface area (Å²) in [5.74, 6) is -0.835. The number of hydrogen-bond donors (Lipinski definition) is 0. The molecule has 0 saturated heterocycles. The highest BCUT2D eigenvalue weighted by molar-refractivity contribution is 5.77. The molecule has 1 atom stereocenters. The van der Waals surface area contributed by atoms with E-state index >= 15 is 0 Å². The standard InChI is InChI=1S/C23H22N4O2/c1-3-29-23(28)19(14-13-17-8-5-9-18(15-24)26-17)20-10-6-12-22(27-20)21-11-4-7-16(2)25-21/h4-12,19H,3,13-14H2,1-2H3. The lowest BCUT2D eigenvalue weighted by Gasteiger charge is -2.16. The zero-order valence-electron chi connectivity index (χ0n) is 16.5. The Bertz CT molecular complexity index is 1040. The molecule has 1 unspecified atom stereocenters. The molecule has 0 bridgehead atoms. The van der Waals surface area contributed by atoms with Crippen LogP contribution in [0, 0.1) is 18.3 Å². The Morgan fingerprint density at radius 1 is 1.03 bits per heavy atom. The van der Waals surface area contributed by atoms with Crippen molar-refractivity contribution in [1.82, 2.24) is 15.0 Å². The third kappa shape index (κ3) is 5.23. The van der Waals surface area contributed by atoms with Crippen molar-refractivity contribution in [3.05, 3.63) is 77.4 Å². The second-order valence-electron chi connectivity index (χ2n) is 6.58. The summed E-state index contributed by atoms with van der Waals surface area (Å²) in [6.45, 7) is 4.02. The van der Waals surface area contributed by atoms with Crippen LogP contribution in [0.25, 0.3) is 11.4 Å². The molecule has 0 fully saturated rings. The van der Waals surface area contributed by atoms with Crippen LogP contribution in [0.15, 0.2) is 54.6 Å². The van der Waals surface area contributed by atoms with Crippen LogP contribution in [0.5, 0.6) is 0 Å². The number of rotatable bonds is 7. The normalized spacial score (nSPS) is 11.5. The molecule has 0 spiro atoms. The number of pyridine rings is 3. The number of nitrogens with zero attached hydrogens (tertiary/aromatic N) is 4. The first-order chi connectivity index (χ1) is 14.1. The molecule has 3 heterocycles. The second-order valence-corrected chi connectivity index (χ2v) is 6.58. The van der Waals surface area contributed by atoms with E-state index in [1.165, 1.54) is 0 Å². The number of aromatic nitrogens is 3. The van der Waals surface area contributed by atoms with Gasteiger partial charge in [-0.2, -0.15) is 5.26 Å². The van der Waals surface area contributed by atoms with Crippen molar-refractivity contribution in [3.8, 4) is 17.5 Å². The number of aryl methyl sites for hydroxylation is 2. The lowest BCUT2D eigenvalue weighted by Crippen LogP contribution is -2.18. The molecule has 0 radical (unpaired) electrons. The fourth-order valence-electron chi connectivity index (χ4n) is 3.08. The molecule has 0 aliphatic carbocycles. The Morgan fingerprint density at radius 2 is 1.76 bits per heavy atom. The van der Waals surface area contributed by atoms with Crippen molar-refractivity contribution < 1.29 is 9.53 Å². The minimum Gasteiger partial charge on any atom is -0.465 e. The van der Waals surface area contributed by atoms with E-state index in [0.29, 0.717) is 36.5 Å². The van der Waals surface area contributed by atoms with E-state index in [0.717, 1.165) is 17.1 Å². The van der Waals surface area contributed by atoms with Crippen molar-refractivity contribution >= 4 is 5.97 Å². The van der Waals surface area contributed by atoms with E-state index in [2.05, 4.69) is 9.97 Å². The number of hydrogen-bond acceptors (Lipinski definition) is 6. The number of carbonyl (C=O) groups is 1. The van der Waals surface area contributed by atoms with Gasteiger partial charge in [0.1, 0.15) is 11.8 Å². The smallest absolute Gasteiger partial charge is 0.315 e. The summed E-state index contributed by atoms with van der Waals surface area (Å²) < 4.78 is 5.29. The molecule has 0 aromatic carbocycles. The monoisotopic (exact) mass is 386 g/mol. The molecule has 0 saturated carbocycles. The molecular formula is C23H22N4O2. The lowest BCUT2D eigenvalue weighted by atomic mass is 9.97. The van der Waals surface area contributed by atoms with Crippen LogP contribution in [-0.2, 0) is 16.0 Å². The highest BCUT2D eigenvalue weighted by atomic mass is 16.5. The fourth-order valence-corrected chi connectivity index (χ4v) is 3.08. The summed E-state index contributed by atoms with van der Waals surface area (Å²) in [4.78, 5) is 26.1. The van der Waals surface area contributed by atoms with Crippen LogP contribution in [-0.4, -0.2) is 27.5 Å². The van der Waals surface area contributed by atoms with Crippen LogP contribution >= 0.6 is 0 Å². The Hall–Kier alpha value is -3.59. The molecular weight excluding hydrogens is 364 g/mol. The predicted octanol–water partition coefficient (Wildman–Crippen LogP) is 4.00. The molecule has 0 amide bonds. The number of nitriles is 1. The third-order valence-electron chi connectivity index (χ3n) is 4.46. The average molecular weight is 386 g/mol. The van der Waals surface area contributed by atoms with Crippen molar-refractivity contribution in [3.63, 3.8) is 0 Å². The van der Waals surface area contributed by atoms with Gasteiger partial charge in [0.2, 0.25) is 0 Å². The summed E-state index contributed by atoms with van der Waals surface area (Å²) in [5, 5.41) is 9.03. The van der Waals surface area contributed by atoms with Gasteiger partial charge in [-0.25, -0.2) is 4.98 Å². The fraction of sp³-hybridized carbons (Fsp3) is 0.261. The Balaban J connectivity index is 1.87. The molecule has 3 rings (SSSR count). The molecule has 6 heteroatoms. The maximum absolute atomic E-state index is 12.6. The first-order valence-corrected chi connectivity index (χ1v) is 9.54. The molecule has 6 nitrogen and oxygen atoms in total. The summed E-state index contributed by atoms with van der Waals surface area (Å²) >= 11 is 0. The number of esters is 1. The Kier molecular flexibility index (Phi) is 6.64. The molecule has 29 heavy (non-hydrogen) atoms. The zero-order chi connectivity index (χ0) is 20.6. The molecule has 3 aromatic rings. The Labute approximate surface area is 170 Å². The highest BCUT2D eigenvalue weighted by Crippen LogP contribution is 2.24. The van der Waals surface area contributed by atoms with Crippen molar-refractivity contribution in [2.75, 3.05) is 6.61 Å². The van der Waals surface area contributed by atoms with Crippen LogP contribution in [0.4, 0.5) is 0 Å². The van der Waals surface area contributed by atoms with Crippen molar-refractivity contribution in [2.45, 2.75) is 32.6 Å². The van der Waals surface area contributed by atoms with Crippen LogP contribution < -0.4 is 0 Å². The van der Waals surface area contributed by atoms with Crippen molar-refractivity contribution in [1.29, 1.82) is 5.26 Å². The van der Waals surface area contributed by atoms with Crippen LogP contribution in [0.2, 0.25) is 0 Å². The summed E-state index contributed by atoms with van der Waals surface area (Å²) in [6.07, 6.45) is 1.02. The third-order valence-corrected chi connectivity index (χ3v) is 4.46. The van der Waals surface area contributed by atoms with E-state index in [4.69, 9.17) is 15.0 Å². The summed E-state index contributed by atoms with van der Waals surface area (Å²) in [7, 11) is 0. The van der Waals surface area contributed by atoms with Gasteiger partial charge in [0, 0.05) is 11.4 Å². The summed E-state index contributed by atoms with van der Waals surface area (Å²) in [6, 6.07) is 18.7. The first kappa shape index (κ1) is 20.2. The van der Waals surface area contributed by atoms with Gasteiger partial charge in [-0.15, -0.1) is 0 Å². The first-order valence-electron chi connectivity index (χ1n) is 9.54. The topological polar surface area (TPSA) is 88.8 Å². The van der Waals surface area contributed by atoms with Gasteiger partial charge in [0.15, 0.2) is 0 Å². The zero-order valence-corrected chi connectivity index (χ0v) is 16.5. The van der Waals surface area contributed by atoms with E-state index in [1.807, 2.05) is 55.5 Å². The second kappa shape index (κ2) is 9.56. The van der Waals surface area contributed by atoms with Gasteiger partial charge in [-0.3, -0.25) is 14.8 Å². The van der Waals surface area contributed by atoms with Gasteiger partial charge in [0.05, 0.1) is 29.6 Å². The number of ether oxygens (including phenoxy) is 1. The van der Waals surface area contributed by atoms with Gasteiger partial charge in [0.25, 0.3) is 0 Å². The Morgan fingerprint density at radius 3 is 2.48 bits per heavy atom. The number of carbonyl (C=O) groups excluding carboxylic acids is 1. The highest BCUT2D eigenvalue weighted by Gasteiger charge is 2.24. The molecule has 0 aliphatic heterocycles. The largest absolute Gasteiger partial charge is 0.465 e. The van der Waals surface area contributed by atoms with Crippen LogP contribution in [0.3, 0.4) is 0 Å². The lowest BCUT2D eigenvalue weighted by molar-refractivity contribution is -0.145. The SMILES string of the molecule is CCOC(=O)C(CCc1cccc(C#N)n1)c1cccc(-c2cccc(C)n2)n1. The summed E-state index contributed by atoms with van der Waals surface area (Å²) in [5.41, 5.74) is 4.14. The van der Waals surface area contributed by atoms with Gasteiger partial charge >= 0.3 is 5.97 Å². The maximum atomic E-state index is 12.6. The minimum absolute atomic E-state index is 0.302. The average Bonchev–Trinajstić information content (AvgIpc) is 2.74. The maximum Gasteiger partial charge on any atom is 0.315 e. The molecule has 3 aromatic heterocycles. The van der Waals surface area contributed by atoms with Crippen molar-refractivity contribution in [2.24, 2.45) is 0 Å². The van der Waals surface area contributed by atoms with Crippen LogP contribution in [0.1, 0.15) is 42.0 Å². The minimum atomic E-state index is -0.521. The van der Waals surface area contributed by atoms with Gasteiger partial charge in [-0.1, -0.05) is 18.2 Å². The van der Waals surface area contributed by atoms with Gasteiger partial charge < -0.3 is 4.74 Å². The molecule has 0 N–H and O–H groups in total. The van der Waals surface area contributed by atoms with E-state index in [-0.39, 0.29) is 5.97 Å². The van der Waals surface area contributed by atoms with E-state index in [9.17, 15) is 4.79 Å². The quantitative estimate of drug-likeness (QED) is 0.570. The van der Waals surface area contributed by atoms with E-state index in [1.54, 1.807) is 19.1 Å². The molecule has 146 valence electrons. The van der Waals surface area contributed by atoms with E-state index < -0.39 is 5.92 Å².